The first kappa shape index (κ1) is 19.5. The first-order chi connectivity index (χ1) is 10.7. The Kier molecular flexibility index (Phi) is 7.56. The lowest BCUT2D eigenvalue weighted by molar-refractivity contribution is -0.125. The molecule has 0 aliphatic carbocycles. The highest BCUT2D eigenvalue weighted by atomic mass is 16.5. The van der Waals surface area contributed by atoms with Crippen LogP contribution in [0.15, 0.2) is 18.2 Å². The molecule has 130 valence electrons. The van der Waals surface area contributed by atoms with Crippen LogP contribution in [0.4, 0.5) is 0 Å². The zero-order chi connectivity index (χ0) is 17.6. The lowest BCUT2D eigenvalue weighted by Crippen LogP contribution is -2.38. The molecule has 0 heterocycles. The molecule has 1 aromatic carbocycles. The van der Waals surface area contributed by atoms with Crippen LogP contribution in [0.3, 0.4) is 0 Å². The van der Waals surface area contributed by atoms with E-state index < -0.39 is 0 Å². The normalized spacial score (nSPS) is 15.1. The summed E-state index contributed by atoms with van der Waals surface area (Å²) < 4.78 is 6.10. The SMILES string of the molecule is Cc1ccc(CNC(=O)C(C)C(C)N)c(OC(C)CC(C)C)c1. The molecular formula is C19H32N2O2. The minimum Gasteiger partial charge on any atom is -0.490 e. The summed E-state index contributed by atoms with van der Waals surface area (Å²) in [7, 11) is 0. The van der Waals surface area contributed by atoms with Gasteiger partial charge < -0.3 is 15.8 Å². The Bertz CT molecular complexity index is 512. The van der Waals surface area contributed by atoms with E-state index in [-0.39, 0.29) is 24.0 Å². The monoisotopic (exact) mass is 320 g/mol. The summed E-state index contributed by atoms with van der Waals surface area (Å²) in [6, 6.07) is 5.93. The smallest absolute Gasteiger partial charge is 0.224 e. The Morgan fingerprint density at radius 3 is 2.43 bits per heavy atom. The van der Waals surface area contributed by atoms with Crippen molar-refractivity contribution in [3.63, 3.8) is 0 Å². The third-order valence-corrected chi connectivity index (χ3v) is 4.01. The van der Waals surface area contributed by atoms with Gasteiger partial charge in [-0.15, -0.1) is 0 Å². The summed E-state index contributed by atoms with van der Waals surface area (Å²) in [5.74, 6) is 1.21. The molecule has 1 aromatic rings. The predicted molar refractivity (Wildman–Crippen MR) is 95.4 cm³/mol. The van der Waals surface area contributed by atoms with Crippen molar-refractivity contribution in [3.05, 3.63) is 29.3 Å². The van der Waals surface area contributed by atoms with Gasteiger partial charge >= 0.3 is 0 Å². The van der Waals surface area contributed by atoms with E-state index >= 15 is 0 Å². The molecule has 0 aliphatic rings. The number of hydrogen-bond donors (Lipinski definition) is 2. The van der Waals surface area contributed by atoms with Gasteiger partial charge in [-0.25, -0.2) is 0 Å². The predicted octanol–water partition coefficient (Wildman–Crippen LogP) is 3.41. The van der Waals surface area contributed by atoms with Gasteiger partial charge in [0.05, 0.1) is 6.10 Å². The van der Waals surface area contributed by atoms with Crippen LogP contribution in [0.2, 0.25) is 0 Å². The highest BCUT2D eigenvalue weighted by Crippen LogP contribution is 2.23. The summed E-state index contributed by atoms with van der Waals surface area (Å²) in [5.41, 5.74) is 7.93. The standard InChI is InChI=1S/C19H32N2O2/c1-12(2)9-14(4)23-18-10-13(3)7-8-17(18)11-21-19(22)15(5)16(6)20/h7-8,10,12,14-16H,9,11,20H2,1-6H3,(H,21,22). The number of carbonyl (C=O) groups is 1. The molecule has 3 atom stereocenters. The van der Waals surface area contributed by atoms with Crippen LogP contribution >= 0.6 is 0 Å². The zero-order valence-electron chi connectivity index (χ0n) is 15.3. The molecule has 0 saturated carbocycles. The number of nitrogens with two attached hydrogens (primary N) is 1. The molecule has 4 heteroatoms. The van der Waals surface area contributed by atoms with Gasteiger partial charge in [-0.3, -0.25) is 4.79 Å². The summed E-state index contributed by atoms with van der Waals surface area (Å²) >= 11 is 0. The van der Waals surface area contributed by atoms with Crippen LogP contribution in [-0.2, 0) is 11.3 Å². The minimum atomic E-state index is -0.204. The highest BCUT2D eigenvalue weighted by Gasteiger charge is 2.17. The van der Waals surface area contributed by atoms with Gasteiger partial charge in [-0.1, -0.05) is 32.9 Å². The molecular weight excluding hydrogens is 288 g/mol. The number of rotatable bonds is 8. The second-order valence-corrected chi connectivity index (χ2v) is 7.03. The number of hydrogen-bond acceptors (Lipinski definition) is 3. The van der Waals surface area contributed by atoms with E-state index in [2.05, 4.69) is 26.1 Å². The molecule has 0 aromatic heterocycles. The third-order valence-electron chi connectivity index (χ3n) is 4.01. The summed E-state index contributed by atoms with van der Waals surface area (Å²) in [5, 5.41) is 2.96. The van der Waals surface area contributed by atoms with E-state index in [9.17, 15) is 4.79 Å². The highest BCUT2D eigenvalue weighted by molar-refractivity contribution is 5.79. The molecule has 3 N–H and O–H groups in total. The first-order valence-electron chi connectivity index (χ1n) is 8.50. The fourth-order valence-electron chi connectivity index (χ4n) is 2.43. The average molecular weight is 320 g/mol. The molecule has 0 radical (unpaired) electrons. The van der Waals surface area contributed by atoms with Crippen molar-refractivity contribution in [2.45, 2.75) is 66.7 Å². The number of ether oxygens (including phenoxy) is 1. The van der Waals surface area contributed by atoms with Crippen LogP contribution in [0.1, 0.15) is 52.2 Å². The number of amides is 1. The Morgan fingerprint density at radius 2 is 1.87 bits per heavy atom. The van der Waals surface area contributed by atoms with Crippen LogP contribution in [0, 0.1) is 18.8 Å². The van der Waals surface area contributed by atoms with Gasteiger partial charge in [0.25, 0.3) is 0 Å². The molecule has 0 bridgehead atoms. The summed E-state index contributed by atoms with van der Waals surface area (Å²) in [6.07, 6.45) is 1.15. The fourth-order valence-corrected chi connectivity index (χ4v) is 2.43. The summed E-state index contributed by atoms with van der Waals surface area (Å²) in [6.45, 7) is 12.7. The molecule has 0 saturated heterocycles. The molecule has 0 spiro atoms. The maximum absolute atomic E-state index is 12.1. The quantitative estimate of drug-likeness (QED) is 0.771. The largest absolute Gasteiger partial charge is 0.490 e. The molecule has 23 heavy (non-hydrogen) atoms. The number of benzene rings is 1. The van der Waals surface area contributed by atoms with E-state index in [4.69, 9.17) is 10.5 Å². The van der Waals surface area contributed by atoms with Crippen LogP contribution in [0.25, 0.3) is 0 Å². The lowest BCUT2D eigenvalue weighted by atomic mass is 10.0. The second-order valence-electron chi connectivity index (χ2n) is 7.03. The van der Waals surface area contributed by atoms with Crippen molar-refractivity contribution >= 4 is 5.91 Å². The van der Waals surface area contributed by atoms with Gasteiger partial charge in [-0.2, -0.15) is 0 Å². The molecule has 3 unspecified atom stereocenters. The number of aryl methyl sites for hydroxylation is 1. The molecule has 4 nitrogen and oxygen atoms in total. The maximum atomic E-state index is 12.1. The molecule has 0 aliphatic heterocycles. The second kappa shape index (κ2) is 8.92. The first-order valence-corrected chi connectivity index (χ1v) is 8.50. The van der Waals surface area contributed by atoms with E-state index in [0.717, 1.165) is 23.3 Å². The Morgan fingerprint density at radius 1 is 1.22 bits per heavy atom. The molecule has 1 amide bonds. The van der Waals surface area contributed by atoms with Gasteiger partial charge in [0.2, 0.25) is 5.91 Å². The van der Waals surface area contributed by atoms with E-state index in [1.165, 1.54) is 0 Å². The topological polar surface area (TPSA) is 64.4 Å². The van der Waals surface area contributed by atoms with E-state index in [1.54, 1.807) is 0 Å². The van der Waals surface area contributed by atoms with Crippen molar-refractivity contribution in [1.29, 1.82) is 0 Å². The number of nitrogens with one attached hydrogen (secondary N) is 1. The van der Waals surface area contributed by atoms with E-state index in [0.29, 0.717) is 12.5 Å². The molecule has 1 rings (SSSR count). The third kappa shape index (κ3) is 6.61. The van der Waals surface area contributed by atoms with Crippen LogP contribution in [-0.4, -0.2) is 18.1 Å². The van der Waals surface area contributed by atoms with E-state index in [1.807, 2.05) is 39.0 Å². The maximum Gasteiger partial charge on any atom is 0.224 e. The Hall–Kier alpha value is -1.55. The minimum absolute atomic E-state index is 0.0262. The van der Waals surface area contributed by atoms with Gasteiger partial charge in [-0.05, 0) is 44.7 Å². The Balaban J connectivity index is 2.76. The zero-order valence-corrected chi connectivity index (χ0v) is 15.3. The van der Waals surface area contributed by atoms with Gasteiger partial charge in [0.15, 0.2) is 0 Å². The fraction of sp³-hybridized carbons (Fsp3) is 0.632. The van der Waals surface area contributed by atoms with Crippen molar-refractivity contribution in [2.75, 3.05) is 0 Å². The van der Waals surface area contributed by atoms with Crippen molar-refractivity contribution < 1.29 is 9.53 Å². The van der Waals surface area contributed by atoms with Crippen molar-refractivity contribution in [2.24, 2.45) is 17.6 Å². The number of carbonyl (C=O) groups excluding carboxylic acids is 1. The van der Waals surface area contributed by atoms with Crippen molar-refractivity contribution in [1.82, 2.24) is 5.32 Å². The van der Waals surface area contributed by atoms with Crippen LogP contribution in [0.5, 0.6) is 5.75 Å². The average Bonchev–Trinajstić information content (AvgIpc) is 2.44. The van der Waals surface area contributed by atoms with Crippen LogP contribution < -0.4 is 15.8 Å². The summed E-state index contributed by atoms with van der Waals surface area (Å²) in [4.78, 5) is 12.1. The lowest BCUT2D eigenvalue weighted by Gasteiger charge is -2.20. The van der Waals surface area contributed by atoms with Gasteiger partial charge in [0, 0.05) is 24.1 Å². The molecule has 0 fully saturated rings. The van der Waals surface area contributed by atoms with Crippen molar-refractivity contribution in [3.8, 4) is 5.75 Å². The van der Waals surface area contributed by atoms with Gasteiger partial charge in [0.1, 0.15) is 5.75 Å². The Labute approximate surface area is 140 Å².